The summed E-state index contributed by atoms with van der Waals surface area (Å²) in [4.78, 5) is 36.8. The molecule has 0 aliphatic heterocycles. The van der Waals surface area contributed by atoms with Crippen LogP contribution in [0, 0.1) is 0 Å². The molecule has 3 rings (SSSR count). The van der Waals surface area contributed by atoms with Crippen LogP contribution in [0.3, 0.4) is 0 Å². The highest BCUT2D eigenvalue weighted by atomic mass is 16.6. The monoisotopic (exact) mass is 659 g/mol. The van der Waals surface area contributed by atoms with E-state index in [0.717, 1.165) is 18.4 Å². The fourth-order valence-corrected chi connectivity index (χ4v) is 4.15. The maximum atomic E-state index is 12.6. The molecule has 0 atom stereocenters. The predicted molar refractivity (Wildman–Crippen MR) is 176 cm³/mol. The fraction of sp³-hybridized carbons (Fsp3) is 0.594. The second kappa shape index (κ2) is 19.5. The van der Waals surface area contributed by atoms with Crippen LogP contribution in [-0.2, 0) is 25.5 Å². The Balaban J connectivity index is 1.25. The van der Waals surface area contributed by atoms with E-state index >= 15 is 0 Å². The SMILES string of the molecule is CCCCOc1nc(N)c2nc(O)n(Cc3ccc(C(=O)NCCCOCCOCCOCCCNC(=O)OC(C)(C)C)cc3)c2n1. The zero-order chi connectivity index (χ0) is 34.1. The molecule has 0 saturated carbocycles. The molecule has 0 radical (unpaired) electrons. The number of aromatic nitrogens is 4. The summed E-state index contributed by atoms with van der Waals surface area (Å²) >= 11 is 0. The Bertz CT molecular complexity index is 1390. The lowest BCUT2D eigenvalue weighted by atomic mass is 10.1. The minimum atomic E-state index is -0.511. The number of hydrogen-bond acceptors (Lipinski definition) is 12. The van der Waals surface area contributed by atoms with Gasteiger partial charge in [-0.2, -0.15) is 15.0 Å². The quantitative estimate of drug-likeness (QED) is 0.122. The maximum absolute atomic E-state index is 12.6. The first-order valence-corrected chi connectivity index (χ1v) is 16.0. The van der Waals surface area contributed by atoms with Crippen LogP contribution in [0.1, 0.15) is 69.3 Å². The van der Waals surface area contributed by atoms with E-state index in [2.05, 4.69) is 32.5 Å². The number of carbonyl (C=O) groups is 2. The van der Waals surface area contributed by atoms with Crippen LogP contribution >= 0.6 is 0 Å². The molecule has 0 spiro atoms. The second-order valence-electron chi connectivity index (χ2n) is 11.7. The highest BCUT2D eigenvalue weighted by Gasteiger charge is 2.18. The molecule has 2 aromatic heterocycles. The zero-order valence-corrected chi connectivity index (χ0v) is 27.9. The molecule has 260 valence electrons. The van der Waals surface area contributed by atoms with Gasteiger partial charge in [-0.1, -0.05) is 25.5 Å². The number of aromatic hydroxyl groups is 1. The van der Waals surface area contributed by atoms with Crippen LogP contribution in [0.25, 0.3) is 11.2 Å². The Labute approximate surface area is 275 Å². The van der Waals surface area contributed by atoms with Gasteiger partial charge in [0.1, 0.15) is 5.60 Å². The molecule has 5 N–H and O–H groups in total. The molecule has 1 aromatic carbocycles. The third-order valence-electron chi connectivity index (χ3n) is 6.50. The van der Waals surface area contributed by atoms with Crippen LogP contribution in [-0.4, -0.2) is 102 Å². The molecule has 0 fully saturated rings. The van der Waals surface area contributed by atoms with Crippen molar-refractivity contribution in [3.05, 3.63) is 35.4 Å². The van der Waals surface area contributed by atoms with E-state index in [1.54, 1.807) is 12.1 Å². The number of fused-ring (bicyclic) bond motifs is 1. The number of benzene rings is 1. The molecule has 3 aromatic rings. The van der Waals surface area contributed by atoms with Crippen molar-refractivity contribution in [1.29, 1.82) is 0 Å². The lowest BCUT2D eigenvalue weighted by Gasteiger charge is -2.19. The van der Waals surface area contributed by atoms with E-state index in [-0.39, 0.29) is 30.3 Å². The summed E-state index contributed by atoms with van der Waals surface area (Å²) < 4.78 is 28.8. The molecule has 0 aliphatic rings. The Morgan fingerprint density at radius 3 is 2.09 bits per heavy atom. The average Bonchev–Trinajstić information content (AvgIpc) is 3.33. The van der Waals surface area contributed by atoms with Crippen LogP contribution < -0.4 is 21.1 Å². The standard InChI is InChI=1S/C32H49N7O8/c1-5-6-17-46-29-37-26(33)25-27(38-29)39(30(41)36-25)22-23-9-11-24(12-10-23)28(40)34-13-7-15-43-18-20-45-21-19-44-16-8-14-35-31(42)47-32(2,3)4/h9-12H,5-8,13-22H2,1-4H3,(H,34,40)(H,35,42)(H,36,41)(H2,33,37,38). The fourth-order valence-electron chi connectivity index (χ4n) is 4.15. The summed E-state index contributed by atoms with van der Waals surface area (Å²) in [6.45, 7) is 12.0. The molecule has 0 aliphatic carbocycles. The molecule has 0 unspecified atom stereocenters. The summed E-state index contributed by atoms with van der Waals surface area (Å²) in [5.74, 6) is -0.0619. The number of carbonyl (C=O) groups excluding carboxylic acids is 2. The molecule has 2 amide bonds. The lowest BCUT2D eigenvalue weighted by molar-refractivity contribution is 0.0136. The van der Waals surface area contributed by atoms with Crippen LogP contribution in [0.15, 0.2) is 24.3 Å². The zero-order valence-electron chi connectivity index (χ0n) is 27.9. The van der Waals surface area contributed by atoms with Gasteiger partial charge in [0, 0.05) is 31.9 Å². The molecule has 0 bridgehead atoms. The number of nitrogens with zero attached hydrogens (tertiary/aromatic N) is 4. The van der Waals surface area contributed by atoms with Gasteiger partial charge >= 0.3 is 12.1 Å². The van der Waals surface area contributed by atoms with Crippen LogP contribution in [0.2, 0.25) is 0 Å². The van der Waals surface area contributed by atoms with E-state index in [4.69, 9.17) is 29.4 Å². The number of nitrogen functional groups attached to an aromatic ring is 1. The van der Waals surface area contributed by atoms with Crippen molar-refractivity contribution in [2.24, 2.45) is 0 Å². The molecular weight excluding hydrogens is 610 g/mol. The minimum Gasteiger partial charge on any atom is -0.480 e. The molecule has 0 saturated heterocycles. The van der Waals surface area contributed by atoms with Gasteiger partial charge in [0.25, 0.3) is 11.9 Å². The van der Waals surface area contributed by atoms with Crippen molar-refractivity contribution < 1.29 is 38.4 Å². The number of unbranched alkanes of at least 4 members (excludes halogenated alkanes) is 1. The number of imidazole rings is 1. The average molecular weight is 660 g/mol. The summed E-state index contributed by atoms with van der Waals surface area (Å²) in [5.41, 5.74) is 7.52. The molecule has 15 heteroatoms. The van der Waals surface area contributed by atoms with Gasteiger partial charge in [-0.25, -0.2) is 4.79 Å². The van der Waals surface area contributed by atoms with Gasteiger partial charge in [0.05, 0.1) is 39.6 Å². The van der Waals surface area contributed by atoms with E-state index in [1.807, 2.05) is 32.9 Å². The van der Waals surface area contributed by atoms with Crippen LogP contribution in [0.5, 0.6) is 12.0 Å². The molecule has 2 heterocycles. The predicted octanol–water partition coefficient (Wildman–Crippen LogP) is 3.43. The van der Waals surface area contributed by atoms with Gasteiger partial charge in [-0.3, -0.25) is 9.36 Å². The number of alkyl carbamates (subject to hydrolysis) is 1. The summed E-state index contributed by atoms with van der Waals surface area (Å²) in [7, 11) is 0. The van der Waals surface area contributed by atoms with E-state index in [1.165, 1.54) is 4.57 Å². The lowest BCUT2D eigenvalue weighted by Crippen LogP contribution is -2.33. The summed E-state index contributed by atoms with van der Waals surface area (Å²) in [6, 6.07) is 6.96. The van der Waals surface area contributed by atoms with E-state index < -0.39 is 11.7 Å². The Kier molecular flexibility index (Phi) is 15.4. The van der Waals surface area contributed by atoms with Crippen LogP contribution in [0.4, 0.5) is 10.6 Å². The van der Waals surface area contributed by atoms with Crippen molar-refractivity contribution in [2.75, 3.05) is 65.1 Å². The van der Waals surface area contributed by atoms with Gasteiger partial charge in [-0.05, 0) is 57.7 Å². The van der Waals surface area contributed by atoms with Crippen molar-refractivity contribution in [3.63, 3.8) is 0 Å². The topological polar surface area (TPSA) is 194 Å². The number of amides is 2. The first-order chi connectivity index (χ1) is 22.6. The summed E-state index contributed by atoms with van der Waals surface area (Å²) in [6.07, 6.45) is 2.73. The normalized spacial score (nSPS) is 11.5. The minimum absolute atomic E-state index is 0.127. The van der Waals surface area contributed by atoms with Gasteiger partial charge < -0.3 is 45.2 Å². The second-order valence-corrected chi connectivity index (χ2v) is 11.7. The van der Waals surface area contributed by atoms with Crippen molar-refractivity contribution in [1.82, 2.24) is 30.2 Å². The van der Waals surface area contributed by atoms with Gasteiger partial charge in [0.15, 0.2) is 17.0 Å². The third kappa shape index (κ3) is 13.6. The number of anilines is 1. The van der Waals surface area contributed by atoms with Crippen molar-refractivity contribution in [2.45, 2.75) is 65.5 Å². The number of hydrogen-bond donors (Lipinski definition) is 4. The van der Waals surface area contributed by atoms with E-state index in [0.29, 0.717) is 88.9 Å². The Morgan fingerprint density at radius 2 is 1.47 bits per heavy atom. The highest BCUT2D eigenvalue weighted by Crippen LogP contribution is 2.26. The molecular formula is C32H49N7O8. The van der Waals surface area contributed by atoms with Gasteiger partial charge in [0.2, 0.25) is 0 Å². The molecule has 15 nitrogen and oxygen atoms in total. The number of rotatable bonds is 21. The van der Waals surface area contributed by atoms with E-state index in [9.17, 15) is 14.7 Å². The smallest absolute Gasteiger partial charge is 0.407 e. The Morgan fingerprint density at radius 1 is 0.851 bits per heavy atom. The van der Waals surface area contributed by atoms with Crippen molar-refractivity contribution >= 4 is 29.0 Å². The highest BCUT2D eigenvalue weighted by molar-refractivity contribution is 5.94. The third-order valence-corrected chi connectivity index (χ3v) is 6.50. The number of nitrogens with two attached hydrogens (primary N) is 1. The van der Waals surface area contributed by atoms with Gasteiger partial charge in [-0.15, -0.1) is 0 Å². The summed E-state index contributed by atoms with van der Waals surface area (Å²) in [5, 5.41) is 16.0. The first-order valence-electron chi connectivity index (χ1n) is 16.0. The Hall–Kier alpha value is -4.21. The molecule has 47 heavy (non-hydrogen) atoms. The van der Waals surface area contributed by atoms with Crippen molar-refractivity contribution in [3.8, 4) is 12.0 Å². The maximum Gasteiger partial charge on any atom is 0.407 e. The number of ether oxygens (including phenoxy) is 5. The first kappa shape index (κ1) is 37.2. The number of nitrogens with one attached hydrogen (secondary N) is 2. The largest absolute Gasteiger partial charge is 0.480 e.